The summed E-state index contributed by atoms with van der Waals surface area (Å²) in [6.45, 7) is 3.46. The first-order chi connectivity index (χ1) is 8.69. The fourth-order valence-corrected chi connectivity index (χ4v) is 2.82. The van der Waals surface area contributed by atoms with Gasteiger partial charge in [-0.25, -0.2) is 0 Å². The van der Waals surface area contributed by atoms with Gasteiger partial charge in [-0.1, -0.05) is 12.8 Å². The summed E-state index contributed by atoms with van der Waals surface area (Å²) in [6, 6.07) is 0.515. The summed E-state index contributed by atoms with van der Waals surface area (Å²) in [4.78, 5) is 13.9. The predicted molar refractivity (Wildman–Crippen MR) is 68.3 cm³/mol. The van der Waals surface area contributed by atoms with Crippen LogP contribution in [0.5, 0.6) is 0 Å². The zero-order valence-electron chi connectivity index (χ0n) is 11.1. The van der Waals surface area contributed by atoms with Gasteiger partial charge in [0.15, 0.2) is 0 Å². The number of nitrogens with one attached hydrogen (secondary N) is 1. The molecule has 2 atom stereocenters. The molecule has 2 N–H and O–H groups in total. The van der Waals surface area contributed by atoms with E-state index in [0.29, 0.717) is 25.7 Å². The minimum Gasteiger partial charge on any atom is -0.394 e. The van der Waals surface area contributed by atoms with Crippen molar-refractivity contribution < 1.29 is 14.6 Å². The number of nitrogens with zero attached hydrogens (tertiary/aromatic N) is 1. The number of carbonyl (C=O) groups excluding carboxylic acids is 1. The highest BCUT2D eigenvalue weighted by molar-refractivity contribution is 5.78. The fourth-order valence-electron chi connectivity index (χ4n) is 2.82. The van der Waals surface area contributed by atoms with E-state index in [0.717, 1.165) is 0 Å². The number of aliphatic hydroxyl groups is 1. The van der Waals surface area contributed by atoms with Gasteiger partial charge >= 0.3 is 0 Å². The zero-order valence-corrected chi connectivity index (χ0v) is 11.1. The first kappa shape index (κ1) is 13.8. The number of carbonyl (C=O) groups is 1. The molecule has 1 aliphatic heterocycles. The molecule has 1 saturated carbocycles. The van der Waals surface area contributed by atoms with E-state index in [1.165, 1.54) is 25.7 Å². The normalized spacial score (nSPS) is 29.8. The summed E-state index contributed by atoms with van der Waals surface area (Å²) in [7, 11) is 0. The van der Waals surface area contributed by atoms with Crippen LogP contribution in [0.3, 0.4) is 0 Å². The van der Waals surface area contributed by atoms with Gasteiger partial charge in [-0.3, -0.25) is 4.79 Å². The van der Waals surface area contributed by atoms with E-state index in [4.69, 9.17) is 9.84 Å². The Balaban J connectivity index is 1.76. The Morgan fingerprint density at radius 1 is 1.39 bits per heavy atom. The average Bonchev–Trinajstić information content (AvgIpc) is 2.88. The van der Waals surface area contributed by atoms with Gasteiger partial charge in [0.1, 0.15) is 0 Å². The molecule has 2 unspecified atom stereocenters. The molecule has 1 amide bonds. The average molecular weight is 256 g/mol. The highest BCUT2D eigenvalue weighted by Crippen LogP contribution is 2.17. The molecule has 18 heavy (non-hydrogen) atoms. The smallest absolute Gasteiger partial charge is 0.236 e. The quantitative estimate of drug-likeness (QED) is 0.750. The van der Waals surface area contributed by atoms with Gasteiger partial charge in [0.05, 0.1) is 25.4 Å². The van der Waals surface area contributed by atoms with Crippen molar-refractivity contribution in [2.75, 3.05) is 26.2 Å². The molecule has 5 heteroatoms. The van der Waals surface area contributed by atoms with E-state index in [1.54, 1.807) is 4.90 Å². The summed E-state index contributed by atoms with van der Waals surface area (Å²) >= 11 is 0. The molecule has 0 bridgehead atoms. The lowest BCUT2D eigenvalue weighted by molar-refractivity contribution is -0.146. The Kier molecular flexibility index (Phi) is 4.97. The molecule has 1 saturated heterocycles. The molecule has 0 aromatic rings. The monoisotopic (exact) mass is 256 g/mol. The van der Waals surface area contributed by atoms with Crippen molar-refractivity contribution in [1.82, 2.24) is 10.2 Å². The topological polar surface area (TPSA) is 61.8 Å². The van der Waals surface area contributed by atoms with Crippen LogP contribution in [0.15, 0.2) is 0 Å². The molecule has 1 aliphatic carbocycles. The van der Waals surface area contributed by atoms with Gasteiger partial charge in [0.2, 0.25) is 5.91 Å². The molecule has 0 aromatic carbocycles. The van der Waals surface area contributed by atoms with Crippen molar-refractivity contribution in [3.63, 3.8) is 0 Å². The van der Waals surface area contributed by atoms with E-state index < -0.39 is 0 Å². The molecule has 1 heterocycles. The van der Waals surface area contributed by atoms with E-state index in [-0.39, 0.29) is 24.7 Å². The van der Waals surface area contributed by atoms with Crippen molar-refractivity contribution in [2.24, 2.45) is 0 Å². The first-order valence-electron chi connectivity index (χ1n) is 6.96. The second kappa shape index (κ2) is 6.50. The predicted octanol–water partition coefficient (Wildman–Crippen LogP) is 0.127. The molecular formula is C13H24N2O3. The van der Waals surface area contributed by atoms with Gasteiger partial charge in [0, 0.05) is 19.1 Å². The maximum Gasteiger partial charge on any atom is 0.236 e. The van der Waals surface area contributed by atoms with Gasteiger partial charge in [-0.15, -0.1) is 0 Å². The standard InChI is InChI=1S/C13H24N2O3/c1-10-7-15(8-12(9-16)18-10)13(17)6-14-11-4-2-3-5-11/h10-12,14,16H,2-9H2,1H3. The highest BCUT2D eigenvalue weighted by Gasteiger charge is 2.28. The van der Waals surface area contributed by atoms with Crippen molar-refractivity contribution >= 4 is 5.91 Å². The lowest BCUT2D eigenvalue weighted by Gasteiger charge is -2.36. The summed E-state index contributed by atoms with van der Waals surface area (Å²) in [5, 5.41) is 12.5. The summed E-state index contributed by atoms with van der Waals surface area (Å²) in [5.74, 6) is 0.121. The Morgan fingerprint density at radius 3 is 2.78 bits per heavy atom. The number of rotatable bonds is 4. The third kappa shape index (κ3) is 3.67. The van der Waals surface area contributed by atoms with Crippen molar-refractivity contribution in [2.45, 2.75) is 50.9 Å². The van der Waals surface area contributed by atoms with Crippen LogP contribution in [-0.2, 0) is 9.53 Å². The van der Waals surface area contributed by atoms with Gasteiger partial charge in [-0.2, -0.15) is 0 Å². The molecule has 2 rings (SSSR count). The van der Waals surface area contributed by atoms with Gasteiger partial charge in [-0.05, 0) is 19.8 Å². The van der Waals surface area contributed by atoms with Crippen LogP contribution in [0.2, 0.25) is 0 Å². The minimum absolute atomic E-state index is 0.00586. The molecule has 0 aromatic heterocycles. The molecule has 2 aliphatic rings. The van der Waals surface area contributed by atoms with E-state index in [2.05, 4.69) is 5.32 Å². The molecule has 2 fully saturated rings. The van der Waals surface area contributed by atoms with Crippen LogP contribution in [0.1, 0.15) is 32.6 Å². The SMILES string of the molecule is CC1CN(C(=O)CNC2CCCC2)CC(CO)O1. The number of ether oxygens (including phenoxy) is 1. The molecule has 5 nitrogen and oxygen atoms in total. The largest absolute Gasteiger partial charge is 0.394 e. The zero-order chi connectivity index (χ0) is 13.0. The van der Waals surface area contributed by atoms with Crippen LogP contribution < -0.4 is 5.32 Å². The maximum absolute atomic E-state index is 12.1. The van der Waals surface area contributed by atoms with Crippen LogP contribution >= 0.6 is 0 Å². The third-order valence-electron chi connectivity index (χ3n) is 3.78. The van der Waals surface area contributed by atoms with Crippen LogP contribution in [-0.4, -0.2) is 60.4 Å². The second-order valence-electron chi connectivity index (χ2n) is 5.41. The van der Waals surface area contributed by atoms with Crippen molar-refractivity contribution in [1.29, 1.82) is 0 Å². The van der Waals surface area contributed by atoms with Gasteiger partial charge in [0.25, 0.3) is 0 Å². The number of morpholine rings is 1. The Morgan fingerprint density at radius 2 is 2.11 bits per heavy atom. The van der Waals surface area contributed by atoms with E-state index in [9.17, 15) is 4.79 Å². The van der Waals surface area contributed by atoms with Crippen LogP contribution in [0, 0.1) is 0 Å². The lowest BCUT2D eigenvalue weighted by atomic mass is 10.2. The third-order valence-corrected chi connectivity index (χ3v) is 3.78. The molecular weight excluding hydrogens is 232 g/mol. The number of aliphatic hydroxyl groups excluding tert-OH is 1. The summed E-state index contributed by atoms with van der Waals surface area (Å²) in [5.41, 5.74) is 0. The van der Waals surface area contributed by atoms with Gasteiger partial charge < -0.3 is 20.1 Å². The molecule has 104 valence electrons. The molecule has 0 radical (unpaired) electrons. The number of hydrogen-bond acceptors (Lipinski definition) is 4. The molecule has 0 spiro atoms. The fraction of sp³-hybridized carbons (Fsp3) is 0.923. The Labute approximate surface area is 108 Å². The summed E-state index contributed by atoms with van der Waals surface area (Å²) < 4.78 is 5.53. The van der Waals surface area contributed by atoms with Crippen LogP contribution in [0.25, 0.3) is 0 Å². The van der Waals surface area contributed by atoms with E-state index >= 15 is 0 Å². The second-order valence-corrected chi connectivity index (χ2v) is 5.41. The lowest BCUT2D eigenvalue weighted by Crippen LogP contribution is -2.52. The van der Waals surface area contributed by atoms with E-state index in [1.807, 2.05) is 6.92 Å². The number of amides is 1. The van der Waals surface area contributed by atoms with Crippen molar-refractivity contribution in [3.05, 3.63) is 0 Å². The minimum atomic E-state index is -0.232. The summed E-state index contributed by atoms with van der Waals surface area (Å²) in [6.07, 6.45) is 4.69. The highest BCUT2D eigenvalue weighted by atomic mass is 16.5. The van der Waals surface area contributed by atoms with Crippen LogP contribution in [0.4, 0.5) is 0 Å². The number of hydrogen-bond donors (Lipinski definition) is 2. The van der Waals surface area contributed by atoms with Crippen molar-refractivity contribution in [3.8, 4) is 0 Å². The Bertz CT molecular complexity index is 279. The maximum atomic E-state index is 12.1. The Hall–Kier alpha value is -0.650. The first-order valence-corrected chi connectivity index (χ1v) is 6.96.